The maximum absolute atomic E-state index is 5.08. The first-order valence-corrected chi connectivity index (χ1v) is 13.1. The van der Waals surface area contributed by atoms with Gasteiger partial charge in [-0.2, -0.15) is 0 Å². The second-order valence-corrected chi connectivity index (χ2v) is 11.5. The molecule has 5 heteroatoms. The number of anilines is 2. The topological polar surface area (TPSA) is 35.5 Å². The van der Waals surface area contributed by atoms with Crippen LogP contribution in [-0.4, -0.2) is 54.6 Å². The zero-order valence-corrected chi connectivity index (χ0v) is 21.5. The largest absolute Gasteiger partial charge is 0.365 e. The maximum atomic E-state index is 5.08. The van der Waals surface area contributed by atoms with Crippen LogP contribution in [-0.2, 0) is 18.4 Å². The first-order valence-electron chi connectivity index (χ1n) is 13.1. The van der Waals surface area contributed by atoms with Gasteiger partial charge >= 0.3 is 0 Å². The molecule has 182 valence electrons. The molecule has 0 saturated carbocycles. The van der Waals surface area contributed by atoms with Crippen molar-refractivity contribution in [3.8, 4) is 0 Å². The van der Waals surface area contributed by atoms with E-state index in [1.54, 1.807) is 0 Å². The molecule has 0 bridgehead atoms. The van der Waals surface area contributed by atoms with Crippen LogP contribution in [0.1, 0.15) is 41.8 Å². The summed E-state index contributed by atoms with van der Waals surface area (Å²) in [6, 6.07) is 18.1. The number of nitrogens with zero attached hydrogens (tertiary/aromatic N) is 5. The Labute approximate surface area is 209 Å². The van der Waals surface area contributed by atoms with Crippen LogP contribution in [0.4, 0.5) is 11.6 Å². The summed E-state index contributed by atoms with van der Waals surface area (Å²) in [5.41, 5.74) is 7.75. The number of aryl methyl sites for hydroxylation is 1. The lowest BCUT2D eigenvalue weighted by Crippen LogP contribution is -2.33. The second kappa shape index (κ2) is 8.63. The molecule has 2 atom stereocenters. The molecule has 1 aromatic heterocycles. The fourth-order valence-corrected chi connectivity index (χ4v) is 6.28. The number of hydrogen-bond acceptors (Lipinski definition) is 5. The molecule has 2 saturated heterocycles. The van der Waals surface area contributed by atoms with Crippen molar-refractivity contribution < 1.29 is 0 Å². The summed E-state index contributed by atoms with van der Waals surface area (Å²) in [4.78, 5) is 17.2. The smallest absolute Gasteiger partial charge is 0.225 e. The SMILES string of the molecule is Cc1ccc(C(C)(C)c2ccc(N3CCc4cnc(N5CC6CN(C)CC6C5)nc4C3)cc2)cc1. The Morgan fingerprint density at radius 2 is 1.46 bits per heavy atom. The van der Waals surface area contributed by atoms with Crippen molar-refractivity contribution in [3.63, 3.8) is 0 Å². The summed E-state index contributed by atoms with van der Waals surface area (Å²) in [5, 5.41) is 0. The van der Waals surface area contributed by atoms with Crippen LogP contribution >= 0.6 is 0 Å². The Bertz CT molecular complexity index is 1190. The van der Waals surface area contributed by atoms with E-state index in [2.05, 4.69) is 97.2 Å². The predicted molar refractivity (Wildman–Crippen MR) is 143 cm³/mol. The van der Waals surface area contributed by atoms with Gasteiger partial charge in [0.25, 0.3) is 0 Å². The highest BCUT2D eigenvalue weighted by molar-refractivity contribution is 5.52. The van der Waals surface area contributed by atoms with Crippen molar-refractivity contribution in [1.82, 2.24) is 14.9 Å². The van der Waals surface area contributed by atoms with Gasteiger partial charge in [-0.25, -0.2) is 9.97 Å². The van der Waals surface area contributed by atoms with Gasteiger partial charge in [0.2, 0.25) is 5.95 Å². The van der Waals surface area contributed by atoms with E-state index in [1.165, 1.54) is 46.7 Å². The predicted octanol–water partition coefficient (Wildman–Crippen LogP) is 4.67. The van der Waals surface area contributed by atoms with Gasteiger partial charge in [0.1, 0.15) is 0 Å². The molecule has 6 rings (SSSR count). The van der Waals surface area contributed by atoms with Crippen LogP contribution in [0.2, 0.25) is 0 Å². The molecule has 0 amide bonds. The van der Waals surface area contributed by atoms with Crippen LogP contribution in [0.25, 0.3) is 0 Å². The Hall–Kier alpha value is -2.92. The summed E-state index contributed by atoms with van der Waals surface area (Å²) in [6.45, 7) is 13.2. The lowest BCUT2D eigenvalue weighted by molar-refractivity contribution is 0.386. The minimum atomic E-state index is -0.0221. The van der Waals surface area contributed by atoms with E-state index in [-0.39, 0.29) is 5.41 Å². The van der Waals surface area contributed by atoms with Gasteiger partial charge in [0, 0.05) is 50.0 Å². The van der Waals surface area contributed by atoms with Gasteiger partial charge in [0.05, 0.1) is 12.2 Å². The van der Waals surface area contributed by atoms with Crippen LogP contribution in [0.3, 0.4) is 0 Å². The van der Waals surface area contributed by atoms with E-state index >= 15 is 0 Å². The van der Waals surface area contributed by atoms with Gasteiger partial charge < -0.3 is 14.7 Å². The van der Waals surface area contributed by atoms with Crippen LogP contribution in [0.5, 0.6) is 0 Å². The van der Waals surface area contributed by atoms with Crippen molar-refractivity contribution in [2.45, 2.75) is 39.2 Å². The first-order chi connectivity index (χ1) is 16.9. The first kappa shape index (κ1) is 22.5. The van der Waals surface area contributed by atoms with E-state index in [0.717, 1.165) is 50.4 Å². The van der Waals surface area contributed by atoms with Crippen molar-refractivity contribution >= 4 is 11.6 Å². The van der Waals surface area contributed by atoms with Crippen molar-refractivity contribution in [1.29, 1.82) is 0 Å². The van der Waals surface area contributed by atoms with Crippen LogP contribution in [0.15, 0.2) is 54.7 Å². The minimum absolute atomic E-state index is 0.0221. The van der Waals surface area contributed by atoms with Crippen LogP contribution in [0, 0.1) is 18.8 Å². The zero-order valence-electron chi connectivity index (χ0n) is 21.5. The van der Waals surface area contributed by atoms with Gasteiger partial charge in [-0.15, -0.1) is 0 Å². The fraction of sp³-hybridized carbons (Fsp3) is 0.467. The summed E-state index contributed by atoms with van der Waals surface area (Å²) in [5.74, 6) is 2.45. The molecule has 3 aromatic rings. The van der Waals surface area contributed by atoms with Crippen molar-refractivity contribution in [3.05, 3.63) is 82.7 Å². The number of rotatable bonds is 4. The highest BCUT2D eigenvalue weighted by Gasteiger charge is 2.39. The molecule has 35 heavy (non-hydrogen) atoms. The molecule has 3 aliphatic rings. The molecule has 0 spiro atoms. The molecular weight excluding hydrogens is 430 g/mol. The highest BCUT2D eigenvalue weighted by atomic mass is 15.3. The molecular formula is C30H37N5. The minimum Gasteiger partial charge on any atom is -0.365 e. The number of aromatic nitrogens is 2. The summed E-state index contributed by atoms with van der Waals surface area (Å²) in [7, 11) is 2.24. The number of fused-ring (bicyclic) bond motifs is 2. The molecule has 2 fully saturated rings. The number of benzene rings is 2. The van der Waals surface area contributed by atoms with E-state index in [1.807, 2.05) is 0 Å². The van der Waals surface area contributed by atoms with E-state index in [4.69, 9.17) is 9.97 Å². The summed E-state index contributed by atoms with van der Waals surface area (Å²) in [6.07, 6.45) is 3.09. The average molecular weight is 468 g/mol. The summed E-state index contributed by atoms with van der Waals surface area (Å²) >= 11 is 0. The molecule has 0 radical (unpaired) electrons. The Morgan fingerprint density at radius 3 is 2.11 bits per heavy atom. The van der Waals surface area contributed by atoms with Crippen molar-refractivity contribution in [2.75, 3.05) is 49.6 Å². The highest BCUT2D eigenvalue weighted by Crippen LogP contribution is 2.35. The Balaban J connectivity index is 1.17. The zero-order chi connectivity index (χ0) is 24.2. The second-order valence-electron chi connectivity index (χ2n) is 11.5. The number of hydrogen-bond donors (Lipinski definition) is 0. The molecule has 0 aliphatic carbocycles. The third-order valence-corrected chi connectivity index (χ3v) is 8.61. The molecule has 5 nitrogen and oxygen atoms in total. The molecule has 0 N–H and O–H groups in total. The lowest BCUT2D eigenvalue weighted by Gasteiger charge is -2.32. The van der Waals surface area contributed by atoms with E-state index < -0.39 is 0 Å². The third kappa shape index (κ3) is 4.20. The number of likely N-dealkylation sites (tertiary alicyclic amines) is 1. The van der Waals surface area contributed by atoms with Gasteiger partial charge in [0.15, 0.2) is 0 Å². The van der Waals surface area contributed by atoms with Gasteiger partial charge in [-0.3, -0.25) is 0 Å². The average Bonchev–Trinajstić information content (AvgIpc) is 3.41. The lowest BCUT2D eigenvalue weighted by atomic mass is 9.78. The van der Waals surface area contributed by atoms with Crippen LogP contribution < -0.4 is 9.80 Å². The van der Waals surface area contributed by atoms with E-state index in [0.29, 0.717) is 0 Å². The molecule has 4 heterocycles. The van der Waals surface area contributed by atoms with E-state index in [9.17, 15) is 0 Å². The van der Waals surface area contributed by atoms with Crippen molar-refractivity contribution in [2.24, 2.45) is 11.8 Å². The Kier molecular flexibility index (Phi) is 5.56. The third-order valence-electron chi connectivity index (χ3n) is 8.61. The standard InChI is InChI=1S/C30H37N5/c1-21-5-7-25(8-6-21)30(2,3)26-9-11-27(12-10-26)34-14-13-22-15-31-29(32-28(22)20-34)35-18-23-16-33(4)17-24(23)19-35/h5-12,15,23-24H,13-14,16-20H2,1-4H3. The molecule has 2 unspecified atom stereocenters. The quantitative estimate of drug-likeness (QED) is 0.557. The monoisotopic (exact) mass is 467 g/mol. The molecule has 2 aromatic carbocycles. The Morgan fingerprint density at radius 1 is 0.829 bits per heavy atom. The van der Waals surface area contributed by atoms with Gasteiger partial charge in [-0.05, 0) is 61.1 Å². The van der Waals surface area contributed by atoms with Gasteiger partial charge in [-0.1, -0.05) is 55.8 Å². The normalized spacial score (nSPS) is 22.4. The molecule has 3 aliphatic heterocycles. The summed E-state index contributed by atoms with van der Waals surface area (Å²) < 4.78 is 0. The maximum Gasteiger partial charge on any atom is 0.225 e. The fourth-order valence-electron chi connectivity index (χ4n) is 6.28.